The molecule has 29 heavy (non-hydrogen) atoms. The molecule has 0 saturated heterocycles. The fourth-order valence-electron chi connectivity index (χ4n) is 3.04. The van der Waals surface area contributed by atoms with E-state index in [1.807, 2.05) is 48.7 Å². The molecule has 3 aromatic heterocycles. The Morgan fingerprint density at radius 1 is 1.21 bits per heavy atom. The highest BCUT2D eigenvalue weighted by atomic mass is 32.1. The average Bonchev–Trinajstić information content (AvgIpc) is 3.46. The lowest BCUT2D eigenvalue weighted by Gasteiger charge is -2.02. The van der Waals surface area contributed by atoms with Crippen LogP contribution in [-0.4, -0.2) is 22.5 Å². The van der Waals surface area contributed by atoms with Gasteiger partial charge in [0.25, 0.3) is 5.91 Å². The molecule has 0 unspecified atom stereocenters. The number of para-hydroxylation sites is 1. The zero-order chi connectivity index (χ0) is 19.8. The highest BCUT2D eigenvalue weighted by Gasteiger charge is 2.15. The fraction of sp³-hybridized carbons (Fsp3) is 0.0952. The lowest BCUT2D eigenvalue weighted by atomic mass is 10.2. The van der Waals surface area contributed by atoms with Crippen molar-refractivity contribution in [3.8, 4) is 17.2 Å². The van der Waals surface area contributed by atoms with Gasteiger partial charge in [0.2, 0.25) is 0 Å². The van der Waals surface area contributed by atoms with E-state index in [-0.39, 0.29) is 5.91 Å². The van der Waals surface area contributed by atoms with Crippen LogP contribution in [0.4, 0.5) is 5.13 Å². The van der Waals surface area contributed by atoms with Crippen molar-refractivity contribution in [2.75, 3.05) is 11.9 Å². The predicted molar refractivity (Wildman–Crippen MR) is 116 cm³/mol. The molecule has 2 aromatic carbocycles. The number of nitrogens with zero attached hydrogens (tertiary/aromatic N) is 2. The monoisotopic (exact) mass is 421 g/mol. The molecule has 1 amide bonds. The van der Waals surface area contributed by atoms with Crippen molar-refractivity contribution in [2.45, 2.75) is 6.92 Å². The Labute approximate surface area is 173 Å². The van der Waals surface area contributed by atoms with Gasteiger partial charge in [0, 0.05) is 16.3 Å². The number of anilines is 1. The molecule has 0 aliphatic heterocycles. The van der Waals surface area contributed by atoms with E-state index in [9.17, 15) is 4.79 Å². The van der Waals surface area contributed by atoms with Gasteiger partial charge in [-0.25, -0.2) is 9.97 Å². The number of hydrogen-bond donors (Lipinski definition) is 1. The van der Waals surface area contributed by atoms with Gasteiger partial charge in [-0.2, -0.15) is 0 Å². The number of benzene rings is 2. The third kappa shape index (κ3) is 3.37. The first-order valence-electron chi connectivity index (χ1n) is 8.97. The molecule has 5 aromatic rings. The molecule has 0 aliphatic carbocycles. The molecule has 6 nitrogen and oxygen atoms in total. The number of fused-ring (bicyclic) bond motifs is 2. The quantitative estimate of drug-likeness (QED) is 0.387. The molecule has 5 rings (SSSR count). The van der Waals surface area contributed by atoms with E-state index in [0.717, 1.165) is 15.6 Å². The second-order valence-corrected chi connectivity index (χ2v) is 7.99. The van der Waals surface area contributed by atoms with Gasteiger partial charge in [0.1, 0.15) is 5.69 Å². The summed E-state index contributed by atoms with van der Waals surface area (Å²) in [5.41, 5.74) is 4.59. The summed E-state index contributed by atoms with van der Waals surface area (Å²) in [6.07, 6.45) is 0. The number of hydrogen-bond acceptors (Lipinski definition) is 7. The lowest BCUT2D eigenvalue weighted by molar-refractivity contribution is 0.102. The zero-order valence-corrected chi connectivity index (χ0v) is 17.0. The maximum Gasteiger partial charge on any atom is 0.257 e. The first kappa shape index (κ1) is 17.8. The molecular formula is C21H15N3O3S2. The molecule has 0 atom stereocenters. The Balaban J connectivity index is 1.39. The van der Waals surface area contributed by atoms with E-state index in [2.05, 4.69) is 15.3 Å². The highest BCUT2D eigenvalue weighted by molar-refractivity contribution is 7.16. The second kappa shape index (κ2) is 7.31. The van der Waals surface area contributed by atoms with Gasteiger partial charge in [0.05, 0.1) is 22.3 Å². The molecule has 3 heterocycles. The summed E-state index contributed by atoms with van der Waals surface area (Å²) in [5.74, 6) is 1.14. The van der Waals surface area contributed by atoms with Crippen LogP contribution in [0, 0.1) is 0 Å². The third-order valence-corrected chi connectivity index (χ3v) is 5.93. The summed E-state index contributed by atoms with van der Waals surface area (Å²) in [4.78, 5) is 21.3. The largest absolute Gasteiger partial charge is 0.490 e. The van der Waals surface area contributed by atoms with Crippen molar-refractivity contribution < 1.29 is 13.9 Å². The molecular weight excluding hydrogens is 406 g/mol. The van der Waals surface area contributed by atoms with Gasteiger partial charge >= 0.3 is 0 Å². The van der Waals surface area contributed by atoms with Gasteiger partial charge < -0.3 is 9.15 Å². The molecule has 1 N–H and O–H groups in total. The summed E-state index contributed by atoms with van der Waals surface area (Å²) < 4.78 is 12.6. The van der Waals surface area contributed by atoms with Crippen LogP contribution >= 0.6 is 22.7 Å². The van der Waals surface area contributed by atoms with Crippen molar-refractivity contribution in [3.63, 3.8) is 0 Å². The van der Waals surface area contributed by atoms with E-state index in [1.165, 1.54) is 22.7 Å². The molecule has 0 aliphatic rings. The maximum absolute atomic E-state index is 12.6. The van der Waals surface area contributed by atoms with E-state index in [0.29, 0.717) is 40.1 Å². The van der Waals surface area contributed by atoms with Gasteiger partial charge in [-0.1, -0.05) is 12.1 Å². The summed E-state index contributed by atoms with van der Waals surface area (Å²) in [5, 5.41) is 6.18. The summed E-state index contributed by atoms with van der Waals surface area (Å²) in [6, 6.07) is 13.2. The number of aromatic nitrogens is 2. The molecule has 0 saturated carbocycles. The minimum Gasteiger partial charge on any atom is -0.490 e. The minimum atomic E-state index is -0.204. The number of ether oxygens (including phenoxy) is 1. The average molecular weight is 422 g/mol. The van der Waals surface area contributed by atoms with Crippen LogP contribution in [0.5, 0.6) is 5.75 Å². The summed E-state index contributed by atoms with van der Waals surface area (Å²) in [6.45, 7) is 2.50. The number of carbonyl (C=O) groups is 1. The van der Waals surface area contributed by atoms with Crippen molar-refractivity contribution in [2.24, 2.45) is 0 Å². The second-order valence-electron chi connectivity index (χ2n) is 6.25. The van der Waals surface area contributed by atoms with Gasteiger partial charge in [0.15, 0.2) is 22.2 Å². The molecule has 144 valence electrons. The number of carbonyl (C=O) groups excluding carboxylic acids is 1. The van der Waals surface area contributed by atoms with Gasteiger partial charge in [-0.15, -0.1) is 22.7 Å². The Kier molecular flexibility index (Phi) is 4.49. The van der Waals surface area contributed by atoms with Crippen LogP contribution in [0.1, 0.15) is 17.3 Å². The lowest BCUT2D eigenvalue weighted by Crippen LogP contribution is -2.11. The highest BCUT2D eigenvalue weighted by Crippen LogP contribution is 2.34. The predicted octanol–water partition coefficient (Wildman–Crippen LogP) is 5.82. The topological polar surface area (TPSA) is 77.2 Å². The van der Waals surface area contributed by atoms with Crippen LogP contribution in [0.2, 0.25) is 0 Å². The SMILES string of the molecule is CCOc1cccc2cc(-c3csc(NC(=O)c4ccc5ncsc5c4)n3)oc12. The molecule has 0 bridgehead atoms. The first-order chi connectivity index (χ1) is 14.2. The Bertz CT molecular complexity index is 1340. The van der Waals surface area contributed by atoms with Crippen molar-refractivity contribution >= 4 is 54.9 Å². The fourth-order valence-corrected chi connectivity index (χ4v) is 4.45. The normalized spacial score (nSPS) is 11.2. The van der Waals surface area contributed by atoms with E-state index in [1.54, 1.807) is 11.6 Å². The third-order valence-electron chi connectivity index (χ3n) is 4.38. The number of nitrogens with one attached hydrogen (secondary N) is 1. The van der Waals surface area contributed by atoms with Crippen LogP contribution in [0.3, 0.4) is 0 Å². The Hall–Kier alpha value is -3.23. The number of thiazole rings is 2. The molecule has 0 radical (unpaired) electrons. The Morgan fingerprint density at radius 2 is 2.14 bits per heavy atom. The number of furan rings is 1. The van der Waals surface area contributed by atoms with Crippen LogP contribution in [-0.2, 0) is 0 Å². The van der Waals surface area contributed by atoms with Crippen LogP contribution in [0.25, 0.3) is 32.6 Å². The first-order valence-corrected chi connectivity index (χ1v) is 10.7. The van der Waals surface area contributed by atoms with E-state index < -0.39 is 0 Å². The summed E-state index contributed by atoms with van der Waals surface area (Å²) in [7, 11) is 0. The van der Waals surface area contributed by atoms with Crippen LogP contribution in [0.15, 0.2) is 57.8 Å². The maximum atomic E-state index is 12.6. The zero-order valence-electron chi connectivity index (χ0n) is 15.3. The summed E-state index contributed by atoms with van der Waals surface area (Å²) >= 11 is 2.86. The van der Waals surface area contributed by atoms with E-state index in [4.69, 9.17) is 9.15 Å². The van der Waals surface area contributed by atoms with E-state index >= 15 is 0 Å². The number of amides is 1. The molecule has 0 fully saturated rings. The van der Waals surface area contributed by atoms with Gasteiger partial charge in [-0.05, 0) is 37.3 Å². The smallest absolute Gasteiger partial charge is 0.257 e. The van der Waals surface area contributed by atoms with Crippen LogP contribution < -0.4 is 10.1 Å². The Morgan fingerprint density at radius 3 is 3.03 bits per heavy atom. The van der Waals surface area contributed by atoms with Crippen molar-refractivity contribution in [3.05, 3.63) is 58.9 Å². The number of rotatable bonds is 5. The minimum absolute atomic E-state index is 0.204. The van der Waals surface area contributed by atoms with Crippen molar-refractivity contribution in [1.82, 2.24) is 9.97 Å². The standard InChI is InChI=1S/C21H15N3O3S2/c1-2-26-16-5-3-4-12-8-17(27-19(12)16)15-10-28-21(23-15)24-20(25)13-6-7-14-18(9-13)29-11-22-14/h3-11H,2H2,1H3,(H,23,24,25). The molecule has 0 spiro atoms. The van der Waals surface area contributed by atoms with Crippen molar-refractivity contribution in [1.29, 1.82) is 0 Å². The molecule has 8 heteroatoms. The van der Waals surface area contributed by atoms with Gasteiger partial charge in [-0.3, -0.25) is 10.1 Å².